The zero-order chi connectivity index (χ0) is 17.0. The highest BCUT2D eigenvalue weighted by molar-refractivity contribution is 7.89. The Bertz CT molecular complexity index is 674. The van der Waals surface area contributed by atoms with Crippen molar-refractivity contribution in [2.75, 3.05) is 39.8 Å². The summed E-state index contributed by atoms with van der Waals surface area (Å²) in [6.45, 7) is 1.94. The number of nitrogens with one attached hydrogen (secondary N) is 1. The summed E-state index contributed by atoms with van der Waals surface area (Å²) in [4.78, 5) is 13.8. The van der Waals surface area contributed by atoms with Gasteiger partial charge in [0.25, 0.3) is 0 Å². The van der Waals surface area contributed by atoms with Crippen LogP contribution in [0.15, 0.2) is 23.1 Å². The van der Waals surface area contributed by atoms with Gasteiger partial charge in [0, 0.05) is 39.1 Å². The molecule has 0 spiro atoms. The first-order valence-electron chi connectivity index (χ1n) is 7.24. The Morgan fingerprint density at radius 2 is 1.83 bits per heavy atom. The van der Waals surface area contributed by atoms with E-state index in [1.54, 1.807) is 11.9 Å². The lowest BCUT2D eigenvalue weighted by molar-refractivity contribution is -0.132. The van der Waals surface area contributed by atoms with Crippen LogP contribution in [0.3, 0.4) is 0 Å². The number of carbonyl (C=O) groups excluding carboxylic acids is 1. The monoisotopic (exact) mass is 379 g/mol. The summed E-state index contributed by atoms with van der Waals surface area (Å²) < 4.78 is 26.6. The maximum atomic E-state index is 12.6. The van der Waals surface area contributed by atoms with Crippen LogP contribution in [0, 0.1) is 0 Å². The molecular formula is C14H19Cl2N3O3S. The normalized spacial score (nSPS) is 16.6. The minimum absolute atomic E-state index is 0.0333. The first-order chi connectivity index (χ1) is 10.9. The second kappa shape index (κ2) is 7.81. The van der Waals surface area contributed by atoms with Gasteiger partial charge in [0.15, 0.2) is 0 Å². The average Bonchev–Trinajstić information content (AvgIpc) is 2.55. The molecular weight excluding hydrogens is 361 g/mol. The molecule has 1 N–H and O–H groups in total. The lowest BCUT2D eigenvalue weighted by Gasteiger charge is -2.34. The molecule has 1 aliphatic rings. The van der Waals surface area contributed by atoms with Gasteiger partial charge in [0.1, 0.15) is 0 Å². The van der Waals surface area contributed by atoms with Crippen LogP contribution >= 0.6 is 23.2 Å². The quantitative estimate of drug-likeness (QED) is 0.839. The van der Waals surface area contributed by atoms with Crippen molar-refractivity contribution in [1.29, 1.82) is 0 Å². The van der Waals surface area contributed by atoms with Gasteiger partial charge in [0.2, 0.25) is 15.9 Å². The Hall–Kier alpha value is -0.860. The second-order valence-corrected chi connectivity index (χ2v) is 7.97. The first kappa shape index (κ1) is 18.5. The predicted octanol–water partition coefficient (Wildman–Crippen LogP) is 1.44. The van der Waals surface area contributed by atoms with Crippen molar-refractivity contribution >= 4 is 39.1 Å². The van der Waals surface area contributed by atoms with E-state index in [4.69, 9.17) is 23.2 Å². The SMILES string of the molecule is CNCCC(=O)N1CCN(S(=O)(=O)c2ccc(Cl)c(Cl)c2)CC1. The summed E-state index contributed by atoms with van der Waals surface area (Å²) in [5.41, 5.74) is 0. The van der Waals surface area contributed by atoms with Crippen molar-refractivity contribution in [2.24, 2.45) is 0 Å². The van der Waals surface area contributed by atoms with Gasteiger partial charge in [-0.3, -0.25) is 4.79 Å². The molecule has 0 atom stereocenters. The van der Waals surface area contributed by atoms with E-state index in [-0.39, 0.29) is 28.9 Å². The van der Waals surface area contributed by atoms with Crippen LogP contribution in [0.1, 0.15) is 6.42 Å². The number of amides is 1. The number of nitrogens with zero attached hydrogens (tertiary/aromatic N) is 2. The lowest BCUT2D eigenvalue weighted by Crippen LogP contribution is -2.50. The van der Waals surface area contributed by atoms with Crippen LogP contribution in [-0.4, -0.2) is 63.3 Å². The highest BCUT2D eigenvalue weighted by atomic mass is 35.5. The van der Waals surface area contributed by atoms with Gasteiger partial charge < -0.3 is 10.2 Å². The van der Waals surface area contributed by atoms with Crippen molar-refractivity contribution in [3.63, 3.8) is 0 Å². The molecule has 6 nitrogen and oxygen atoms in total. The molecule has 23 heavy (non-hydrogen) atoms. The summed E-state index contributed by atoms with van der Waals surface area (Å²) in [6, 6.07) is 4.26. The maximum absolute atomic E-state index is 12.6. The summed E-state index contributed by atoms with van der Waals surface area (Å²) >= 11 is 11.7. The van der Waals surface area contributed by atoms with E-state index in [1.165, 1.54) is 22.5 Å². The number of sulfonamides is 1. The van der Waals surface area contributed by atoms with Crippen LogP contribution in [0.4, 0.5) is 0 Å². The molecule has 1 aromatic rings. The van der Waals surface area contributed by atoms with Crippen molar-refractivity contribution in [3.05, 3.63) is 28.2 Å². The molecule has 1 amide bonds. The molecule has 0 aromatic heterocycles. The van der Waals surface area contributed by atoms with Gasteiger partial charge in [-0.1, -0.05) is 23.2 Å². The van der Waals surface area contributed by atoms with E-state index >= 15 is 0 Å². The van der Waals surface area contributed by atoms with E-state index in [9.17, 15) is 13.2 Å². The van der Waals surface area contributed by atoms with Crippen LogP contribution in [0.2, 0.25) is 10.0 Å². The Balaban J connectivity index is 2.03. The van der Waals surface area contributed by atoms with E-state index in [2.05, 4.69) is 5.32 Å². The molecule has 0 aliphatic carbocycles. The van der Waals surface area contributed by atoms with E-state index in [0.29, 0.717) is 31.1 Å². The molecule has 1 heterocycles. The number of carbonyl (C=O) groups is 1. The standard InChI is InChI=1S/C14H19Cl2N3O3S/c1-17-5-4-14(20)18-6-8-19(9-7-18)23(21,22)11-2-3-12(15)13(16)10-11/h2-3,10,17H,4-9H2,1H3. The Morgan fingerprint density at radius 1 is 1.17 bits per heavy atom. The molecule has 2 rings (SSSR count). The maximum Gasteiger partial charge on any atom is 0.243 e. The smallest absolute Gasteiger partial charge is 0.243 e. The summed E-state index contributed by atoms with van der Waals surface area (Å²) in [6.07, 6.45) is 0.413. The molecule has 0 unspecified atom stereocenters. The Kier molecular flexibility index (Phi) is 6.27. The fraction of sp³-hybridized carbons (Fsp3) is 0.500. The number of piperazine rings is 1. The summed E-state index contributed by atoms with van der Waals surface area (Å²) in [5.74, 6) is 0.0333. The molecule has 0 saturated carbocycles. The fourth-order valence-corrected chi connectivity index (χ4v) is 4.17. The van der Waals surface area contributed by atoms with Gasteiger partial charge in [0.05, 0.1) is 14.9 Å². The molecule has 1 saturated heterocycles. The van der Waals surface area contributed by atoms with Gasteiger partial charge >= 0.3 is 0 Å². The fourth-order valence-electron chi connectivity index (χ4n) is 2.35. The largest absolute Gasteiger partial charge is 0.340 e. The highest BCUT2D eigenvalue weighted by Gasteiger charge is 2.30. The number of rotatable bonds is 5. The molecule has 9 heteroatoms. The van der Waals surface area contributed by atoms with Crippen LogP contribution in [-0.2, 0) is 14.8 Å². The summed E-state index contributed by atoms with van der Waals surface area (Å²) in [5, 5.41) is 3.44. The topological polar surface area (TPSA) is 69.7 Å². The number of hydrogen-bond acceptors (Lipinski definition) is 4. The third kappa shape index (κ3) is 4.36. The van der Waals surface area contributed by atoms with E-state index in [0.717, 1.165) is 0 Å². The zero-order valence-corrected chi connectivity index (χ0v) is 15.1. The van der Waals surface area contributed by atoms with Crippen molar-refractivity contribution in [1.82, 2.24) is 14.5 Å². The zero-order valence-electron chi connectivity index (χ0n) is 12.8. The van der Waals surface area contributed by atoms with Crippen molar-refractivity contribution < 1.29 is 13.2 Å². The second-order valence-electron chi connectivity index (χ2n) is 5.21. The van der Waals surface area contributed by atoms with E-state index in [1.807, 2.05) is 0 Å². The molecule has 1 aromatic carbocycles. The molecule has 128 valence electrons. The molecule has 1 fully saturated rings. The third-order valence-electron chi connectivity index (χ3n) is 3.71. The van der Waals surface area contributed by atoms with E-state index < -0.39 is 10.0 Å². The minimum Gasteiger partial charge on any atom is -0.340 e. The number of halogens is 2. The predicted molar refractivity (Wildman–Crippen MR) is 90.3 cm³/mol. The van der Waals surface area contributed by atoms with Crippen LogP contribution in [0.25, 0.3) is 0 Å². The van der Waals surface area contributed by atoms with Gasteiger partial charge in [-0.25, -0.2) is 8.42 Å². The minimum atomic E-state index is -3.63. The van der Waals surface area contributed by atoms with Crippen molar-refractivity contribution in [2.45, 2.75) is 11.3 Å². The number of hydrogen-bond donors (Lipinski definition) is 1. The Morgan fingerprint density at radius 3 is 2.39 bits per heavy atom. The van der Waals surface area contributed by atoms with Gasteiger partial charge in [-0.2, -0.15) is 4.31 Å². The molecule has 0 radical (unpaired) electrons. The van der Waals surface area contributed by atoms with Crippen LogP contribution < -0.4 is 5.32 Å². The highest BCUT2D eigenvalue weighted by Crippen LogP contribution is 2.27. The van der Waals surface area contributed by atoms with Crippen molar-refractivity contribution in [3.8, 4) is 0 Å². The number of benzene rings is 1. The molecule has 0 bridgehead atoms. The summed E-state index contributed by atoms with van der Waals surface area (Å²) in [7, 11) is -1.84. The van der Waals surface area contributed by atoms with Crippen LogP contribution in [0.5, 0.6) is 0 Å². The lowest BCUT2D eigenvalue weighted by atomic mass is 10.3. The first-order valence-corrected chi connectivity index (χ1v) is 9.43. The molecule has 1 aliphatic heterocycles. The third-order valence-corrected chi connectivity index (χ3v) is 6.34. The average molecular weight is 380 g/mol. The Labute approximate surface area is 146 Å². The van der Waals surface area contributed by atoms with Gasteiger partial charge in [-0.05, 0) is 25.2 Å². The van der Waals surface area contributed by atoms with Gasteiger partial charge in [-0.15, -0.1) is 0 Å².